The van der Waals surface area contributed by atoms with Crippen molar-refractivity contribution < 1.29 is 13.9 Å². The average molecular weight is 287 g/mol. The number of furan rings is 1. The fraction of sp³-hybridized carbons (Fsp3) is 0.353. The predicted molar refractivity (Wildman–Crippen MR) is 81.2 cm³/mol. The van der Waals surface area contributed by atoms with Crippen molar-refractivity contribution in [2.45, 2.75) is 39.3 Å². The third-order valence-electron chi connectivity index (χ3n) is 3.23. The van der Waals surface area contributed by atoms with E-state index in [2.05, 4.69) is 19.2 Å². The van der Waals surface area contributed by atoms with Crippen LogP contribution in [0.5, 0.6) is 5.75 Å². The first-order chi connectivity index (χ1) is 10.1. The zero-order valence-electron chi connectivity index (χ0n) is 12.6. The Morgan fingerprint density at radius 3 is 2.62 bits per heavy atom. The summed E-state index contributed by atoms with van der Waals surface area (Å²) in [5.74, 6) is 1.66. The predicted octanol–water partition coefficient (Wildman–Crippen LogP) is 3.49. The molecular weight excluding hydrogens is 266 g/mol. The second kappa shape index (κ2) is 6.97. The Hall–Kier alpha value is -2.23. The van der Waals surface area contributed by atoms with E-state index >= 15 is 0 Å². The van der Waals surface area contributed by atoms with Gasteiger partial charge in [0.25, 0.3) is 5.91 Å². The molecular formula is C17H21NO3. The van der Waals surface area contributed by atoms with E-state index in [9.17, 15) is 4.79 Å². The lowest BCUT2D eigenvalue weighted by Gasteiger charge is -2.18. The third-order valence-corrected chi connectivity index (χ3v) is 3.23. The summed E-state index contributed by atoms with van der Waals surface area (Å²) in [6.45, 7) is 6.31. The highest BCUT2D eigenvalue weighted by Crippen LogP contribution is 2.26. The van der Waals surface area contributed by atoms with Gasteiger partial charge in [-0.15, -0.1) is 0 Å². The molecule has 0 fully saturated rings. The van der Waals surface area contributed by atoms with Gasteiger partial charge in [-0.2, -0.15) is 0 Å². The minimum absolute atomic E-state index is 0.162. The molecule has 2 rings (SSSR count). The molecule has 1 aromatic carbocycles. The first kappa shape index (κ1) is 15.2. The number of para-hydroxylation sites is 1. The van der Waals surface area contributed by atoms with Gasteiger partial charge in [0.15, 0.2) is 6.10 Å². The first-order valence-corrected chi connectivity index (χ1v) is 7.13. The Labute approximate surface area is 125 Å². The Bertz CT molecular complexity index is 575. The molecule has 1 atom stereocenters. The number of hydrogen-bond acceptors (Lipinski definition) is 3. The van der Waals surface area contributed by atoms with Gasteiger partial charge in [-0.25, -0.2) is 0 Å². The normalized spacial score (nSPS) is 12.2. The maximum absolute atomic E-state index is 12.0. The number of carbonyl (C=O) groups excluding carboxylic acids is 1. The van der Waals surface area contributed by atoms with Crippen LogP contribution in [0, 0.1) is 0 Å². The van der Waals surface area contributed by atoms with Crippen LogP contribution < -0.4 is 10.1 Å². The van der Waals surface area contributed by atoms with E-state index in [1.54, 1.807) is 19.3 Å². The largest absolute Gasteiger partial charge is 0.481 e. The number of hydrogen-bond donors (Lipinski definition) is 1. The molecule has 21 heavy (non-hydrogen) atoms. The summed E-state index contributed by atoms with van der Waals surface area (Å²) in [6.07, 6.45) is 1.03. The van der Waals surface area contributed by atoms with Crippen molar-refractivity contribution in [2.75, 3.05) is 0 Å². The van der Waals surface area contributed by atoms with Crippen molar-refractivity contribution >= 4 is 5.91 Å². The van der Waals surface area contributed by atoms with Crippen molar-refractivity contribution in [3.8, 4) is 5.75 Å². The van der Waals surface area contributed by atoms with Crippen LogP contribution in [0.25, 0.3) is 0 Å². The molecule has 2 aromatic rings. The lowest BCUT2D eigenvalue weighted by atomic mass is 10.0. The molecule has 4 nitrogen and oxygen atoms in total. The van der Waals surface area contributed by atoms with Crippen LogP contribution in [0.2, 0.25) is 0 Å². The molecule has 0 aliphatic rings. The van der Waals surface area contributed by atoms with Crippen LogP contribution in [0.15, 0.2) is 47.1 Å². The molecule has 0 saturated carbocycles. The Kier molecular flexibility index (Phi) is 5.04. The summed E-state index contributed by atoms with van der Waals surface area (Å²) in [5.41, 5.74) is 1.10. The highest BCUT2D eigenvalue weighted by atomic mass is 16.5. The van der Waals surface area contributed by atoms with Crippen LogP contribution in [0.4, 0.5) is 0 Å². The summed E-state index contributed by atoms with van der Waals surface area (Å²) in [7, 11) is 0. The van der Waals surface area contributed by atoms with Gasteiger partial charge >= 0.3 is 0 Å². The Morgan fingerprint density at radius 2 is 1.95 bits per heavy atom. The summed E-state index contributed by atoms with van der Waals surface area (Å²) in [6, 6.07) is 11.4. The van der Waals surface area contributed by atoms with Gasteiger partial charge in [-0.1, -0.05) is 32.0 Å². The number of nitrogens with one attached hydrogen (secondary N) is 1. The zero-order valence-corrected chi connectivity index (χ0v) is 12.6. The fourth-order valence-corrected chi connectivity index (χ4v) is 2.04. The minimum Gasteiger partial charge on any atom is -0.481 e. The van der Waals surface area contributed by atoms with Gasteiger partial charge in [-0.3, -0.25) is 4.79 Å². The quantitative estimate of drug-likeness (QED) is 0.885. The van der Waals surface area contributed by atoms with Gasteiger partial charge in [0.1, 0.15) is 11.5 Å². The van der Waals surface area contributed by atoms with Crippen LogP contribution in [-0.4, -0.2) is 12.0 Å². The van der Waals surface area contributed by atoms with Gasteiger partial charge in [0.2, 0.25) is 0 Å². The number of amides is 1. The topological polar surface area (TPSA) is 51.5 Å². The second-order valence-electron chi connectivity index (χ2n) is 5.25. The van der Waals surface area contributed by atoms with Gasteiger partial charge in [-0.05, 0) is 36.6 Å². The van der Waals surface area contributed by atoms with Gasteiger partial charge in [0.05, 0.1) is 12.8 Å². The monoisotopic (exact) mass is 287 g/mol. The zero-order chi connectivity index (χ0) is 15.2. The Balaban J connectivity index is 1.94. The molecule has 4 heteroatoms. The lowest BCUT2D eigenvalue weighted by Crippen LogP contribution is -2.36. The number of benzene rings is 1. The van der Waals surface area contributed by atoms with Gasteiger partial charge < -0.3 is 14.5 Å². The molecule has 0 bridgehead atoms. The van der Waals surface area contributed by atoms with E-state index in [1.165, 1.54) is 0 Å². The van der Waals surface area contributed by atoms with E-state index in [0.29, 0.717) is 12.5 Å². The van der Waals surface area contributed by atoms with E-state index < -0.39 is 6.10 Å². The fourth-order valence-electron chi connectivity index (χ4n) is 2.04. The summed E-state index contributed by atoms with van der Waals surface area (Å²) < 4.78 is 11.0. The smallest absolute Gasteiger partial charge is 0.261 e. The van der Waals surface area contributed by atoms with E-state index in [1.807, 2.05) is 30.3 Å². The SMILES string of the molecule is CC(Oc1ccccc1C(C)C)C(=O)NCc1ccco1. The van der Waals surface area contributed by atoms with Crippen molar-refractivity contribution in [2.24, 2.45) is 0 Å². The highest BCUT2D eigenvalue weighted by Gasteiger charge is 2.17. The average Bonchev–Trinajstić information content (AvgIpc) is 2.98. The second-order valence-corrected chi connectivity index (χ2v) is 5.25. The molecule has 1 aromatic heterocycles. The lowest BCUT2D eigenvalue weighted by molar-refractivity contribution is -0.127. The van der Waals surface area contributed by atoms with Crippen molar-refractivity contribution in [1.29, 1.82) is 0 Å². The first-order valence-electron chi connectivity index (χ1n) is 7.13. The third kappa shape index (κ3) is 4.12. The Morgan fingerprint density at radius 1 is 1.19 bits per heavy atom. The van der Waals surface area contributed by atoms with Crippen LogP contribution >= 0.6 is 0 Å². The van der Waals surface area contributed by atoms with E-state index in [0.717, 1.165) is 17.1 Å². The molecule has 1 N–H and O–H groups in total. The molecule has 112 valence electrons. The van der Waals surface area contributed by atoms with E-state index in [4.69, 9.17) is 9.15 Å². The molecule has 0 aliphatic heterocycles. The maximum Gasteiger partial charge on any atom is 0.261 e. The maximum atomic E-state index is 12.0. The summed E-state index contributed by atoms with van der Waals surface area (Å²) in [5, 5.41) is 2.80. The minimum atomic E-state index is -0.556. The van der Waals surface area contributed by atoms with Crippen LogP contribution in [0.1, 0.15) is 38.0 Å². The van der Waals surface area contributed by atoms with Crippen molar-refractivity contribution in [3.05, 3.63) is 54.0 Å². The standard InChI is InChI=1S/C17H21NO3/c1-12(2)15-8-4-5-9-16(15)21-13(3)17(19)18-11-14-7-6-10-20-14/h4-10,12-13H,11H2,1-3H3,(H,18,19). The molecule has 1 heterocycles. The van der Waals surface area contributed by atoms with Gasteiger partial charge in [0, 0.05) is 0 Å². The molecule has 1 unspecified atom stereocenters. The molecule has 0 saturated heterocycles. The van der Waals surface area contributed by atoms with Crippen molar-refractivity contribution in [3.63, 3.8) is 0 Å². The summed E-state index contributed by atoms with van der Waals surface area (Å²) in [4.78, 5) is 12.0. The number of carbonyl (C=O) groups is 1. The molecule has 1 amide bonds. The summed E-state index contributed by atoms with van der Waals surface area (Å²) >= 11 is 0. The van der Waals surface area contributed by atoms with Crippen LogP contribution in [-0.2, 0) is 11.3 Å². The molecule has 0 spiro atoms. The van der Waals surface area contributed by atoms with Crippen molar-refractivity contribution in [1.82, 2.24) is 5.32 Å². The number of ether oxygens (including phenoxy) is 1. The molecule has 0 radical (unpaired) electrons. The molecule has 0 aliphatic carbocycles. The van der Waals surface area contributed by atoms with E-state index in [-0.39, 0.29) is 5.91 Å². The highest BCUT2D eigenvalue weighted by molar-refractivity contribution is 5.80. The number of rotatable bonds is 6. The van der Waals surface area contributed by atoms with Crippen LogP contribution in [0.3, 0.4) is 0 Å².